The fraction of sp³-hybridized carbons (Fsp3) is 0.414. The molecule has 0 radical (unpaired) electrons. The number of unbranched alkanes of at least 4 members (excludes halogenated alkanes) is 10. The standard InChI is InChI=1S/C29H33N5O3S.C21H29N3O3S.C8H5ClN2/c35-26-15-14-24(28(36)33-26)34-18-22-20(29(34)37)11-9-13-25(22)38-17-8-4-2-1-3-7-16-30-27-21-10-5-6-12-23(21)31-19-32-27;22-12-5-3-1-2-4-6-13-28-18-9-7-8-15-16(18)14-24(21(15)27)17-10-11-19(25)23-20(17)26;9-8-6-3-1-2-4-7(6)10-5-11-8/h5-6,9-13,19,24H,1-4,7-8,14-18H2,(H,30,31,32)(H,33,35,36);7-9,17H,1-6,10-14,22H2,(H,23,25,26);1-5H. The SMILES string of the molecule is Clc1ncnc2ccccc12.NCCCCCCCCSc1cccc2c1CN(C1CCC(=O)NC1=O)C2=O.O=C1CCC(N2Cc3c(SCCCCCCCCNc4ncnc5ccccc45)cccc3C2=O)C(=O)N1. The summed E-state index contributed by atoms with van der Waals surface area (Å²) in [6.07, 6.45) is 18.7. The lowest BCUT2D eigenvalue weighted by molar-refractivity contribution is -0.138. The molecular weight excluding hydrogens is 1030 g/mol. The Morgan fingerprint density at radius 2 is 1.01 bits per heavy atom. The van der Waals surface area contributed by atoms with Crippen LogP contribution in [0, 0.1) is 0 Å². The minimum Gasteiger partial charge on any atom is -0.369 e. The molecule has 6 amide bonds. The highest BCUT2D eigenvalue weighted by atomic mass is 35.5. The van der Waals surface area contributed by atoms with Crippen LogP contribution in [0.1, 0.15) is 135 Å². The Balaban J connectivity index is 0.000000175. The van der Waals surface area contributed by atoms with Crippen LogP contribution >= 0.6 is 35.1 Å². The topological polar surface area (TPSA) is 223 Å². The minimum absolute atomic E-state index is 0.105. The van der Waals surface area contributed by atoms with Gasteiger partial charge in [0.05, 0.1) is 11.0 Å². The molecule has 2 unspecified atom stereocenters. The number of hydrogen-bond acceptors (Lipinski definition) is 14. The van der Waals surface area contributed by atoms with Gasteiger partial charge in [0.2, 0.25) is 23.6 Å². The maximum absolute atomic E-state index is 13.0. The number of imide groups is 2. The van der Waals surface area contributed by atoms with E-state index in [0.717, 1.165) is 98.8 Å². The zero-order valence-corrected chi connectivity index (χ0v) is 45.7. The van der Waals surface area contributed by atoms with Crippen molar-refractivity contribution in [2.24, 2.45) is 5.73 Å². The third-order valence-corrected chi connectivity index (χ3v) is 16.8. The van der Waals surface area contributed by atoms with Gasteiger partial charge in [-0.15, -0.1) is 23.5 Å². The van der Waals surface area contributed by atoms with Gasteiger partial charge in [-0.05, 0) is 116 Å². The van der Waals surface area contributed by atoms with Gasteiger partial charge in [0.1, 0.15) is 35.7 Å². The summed E-state index contributed by atoms with van der Waals surface area (Å²) in [5.74, 6) is 1.47. The molecule has 0 aliphatic carbocycles. The number of piperidine rings is 2. The van der Waals surface area contributed by atoms with E-state index in [1.807, 2.05) is 72.8 Å². The van der Waals surface area contributed by atoms with Gasteiger partial charge in [-0.2, -0.15) is 0 Å². The number of carbonyl (C=O) groups excluding carboxylic acids is 6. The molecular formula is C58H67ClN10O6S2. The molecule has 4 aliphatic heterocycles. The summed E-state index contributed by atoms with van der Waals surface area (Å²) in [7, 11) is 0. The molecule has 10 rings (SSSR count). The summed E-state index contributed by atoms with van der Waals surface area (Å²) in [6.45, 7) is 2.57. The first-order valence-electron chi connectivity index (χ1n) is 26.9. The zero-order valence-electron chi connectivity index (χ0n) is 43.4. The highest BCUT2D eigenvalue weighted by Crippen LogP contribution is 2.36. The molecule has 16 nitrogen and oxygen atoms in total. The molecule has 2 fully saturated rings. The summed E-state index contributed by atoms with van der Waals surface area (Å²) in [5.41, 5.74) is 10.8. The van der Waals surface area contributed by atoms with Crippen molar-refractivity contribution in [1.82, 2.24) is 40.4 Å². The van der Waals surface area contributed by atoms with Crippen molar-refractivity contribution in [1.29, 1.82) is 0 Å². The van der Waals surface area contributed by atoms with Crippen molar-refractivity contribution in [3.8, 4) is 0 Å². The number of nitrogens with one attached hydrogen (secondary N) is 3. The maximum Gasteiger partial charge on any atom is 0.255 e. The number of thioether (sulfide) groups is 2. The van der Waals surface area contributed by atoms with Crippen LogP contribution < -0.4 is 21.7 Å². The van der Waals surface area contributed by atoms with Gasteiger partial charge in [-0.1, -0.05) is 99.4 Å². The molecule has 2 aromatic heterocycles. The maximum atomic E-state index is 13.0. The summed E-state index contributed by atoms with van der Waals surface area (Å²) < 4.78 is 0. The van der Waals surface area contributed by atoms with Gasteiger partial charge >= 0.3 is 0 Å². The molecule has 404 valence electrons. The van der Waals surface area contributed by atoms with Crippen LogP contribution in [0.4, 0.5) is 5.82 Å². The number of nitrogens with zero attached hydrogens (tertiary/aromatic N) is 6. The van der Waals surface area contributed by atoms with E-state index in [-0.39, 0.29) is 48.3 Å². The summed E-state index contributed by atoms with van der Waals surface area (Å²) in [6, 6.07) is 26.2. The van der Waals surface area contributed by atoms with Crippen molar-refractivity contribution in [2.45, 2.75) is 138 Å². The first-order valence-corrected chi connectivity index (χ1v) is 29.2. The van der Waals surface area contributed by atoms with E-state index in [4.69, 9.17) is 17.3 Å². The fourth-order valence-corrected chi connectivity index (χ4v) is 12.3. The van der Waals surface area contributed by atoms with Crippen LogP contribution in [-0.4, -0.2) is 102 Å². The Morgan fingerprint density at radius 3 is 1.53 bits per heavy atom. The van der Waals surface area contributed by atoms with Gasteiger partial charge in [0.25, 0.3) is 11.8 Å². The van der Waals surface area contributed by atoms with Gasteiger partial charge in [0, 0.05) is 64.2 Å². The summed E-state index contributed by atoms with van der Waals surface area (Å²) >= 11 is 9.39. The smallest absolute Gasteiger partial charge is 0.255 e. The van der Waals surface area contributed by atoms with Crippen LogP contribution in [0.5, 0.6) is 0 Å². The Kier molecular flexibility index (Phi) is 21.2. The third-order valence-electron chi connectivity index (χ3n) is 14.1. The second-order valence-corrected chi connectivity index (χ2v) is 22.1. The van der Waals surface area contributed by atoms with E-state index >= 15 is 0 Å². The highest BCUT2D eigenvalue weighted by Gasteiger charge is 2.41. The Morgan fingerprint density at radius 1 is 0.545 bits per heavy atom. The van der Waals surface area contributed by atoms with Crippen LogP contribution in [-0.2, 0) is 32.3 Å². The number of hydrogen-bond donors (Lipinski definition) is 4. The largest absolute Gasteiger partial charge is 0.369 e. The number of amides is 6. The van der Waals surface area contributed by atoms with E-state index in [2.05, 4.69) is 48.0 Å². The van der Waals surface area contributed by atoms with Gasteiger partial charge in [-0.3, -0.25) is 39.4 Å². The van der Waals surface area contributed by atoms with Crippen LogP contribution in [0.15, 0.2) is 107 Å². The predicted octanol–water partition coefficient (Wildman–Crippen LogP) is 10.1. The number of carbonyl (C=O) groups is 6. The number of fused-ring (bicyclic) bond motifs is 4. The van der Waals surface area contributed by atoms with Crippen molar-refractivity contribution in [2.75, 3.05) is 29.9 Å². The Bertz CT molecular complexity index is 3050. The molecule has 0 bridgehead atoms. The van der Waals surface area contributed by atoms with E-state index in [1.54, 1.807) is 39.7 Å². The molecule has 6 aromatic rings. The van der Waals surface area contributed by atoms with Crippen LogP contribution in [0.3, 0.4) is 0 Å². The van der Waals surface area contributed by atoms with E-state index < -0.39 is 12.1 Å². The highest BCUT2D eigenvalue weighted by molar-refractivity contribution is 7.99. The van der Waals surface area contributed by atoms with Gasteiger partial charge in [0.15, 0.2) is 0 Å². The molecule has 4 aliphatic rings. The molecule has 2 saturated heterocycles. The molecule has 0 saturated carbocycles. The zero-order chi connectivity index (χ0) is 53.9. The lowest BCUT2D eigenvalue weighted by Gasteiger charge is -2.29. The molecule has 77 heavy (non-hydrogen) atoms. The summed E-state index contributed by atoms with van der Waals surface area (Å²) in [5, 5.41) is 10.6. The number of halogens is 1. The predicted molar refractivity (Wildman–Crippen MR) is 303 cm³/mol. The molecule has 4 aromatic carbocycles. The molecule has 2 atom stereocenters. The van der Waals surface area contributed by atoms with Gasteiger partial charge < -0.3 is 20.9 Å². The molecule has 19 heteroatoms. The number of aromatic nitrogens is 4. The average molecular weight is 1100 g/mol. The van der Waals surface area contributed by atoms with Crippen molar-refractivity contribution in [3.05, 3.63) is 125 Å². The van der Waals surface area contributed by atoms with Gasteiger partial charge in [-0.25, -0.2) is 19.9 Å². The Hall–Kier alpha value is -6.47. The molecule has 5 N–H and O–H groups in total. The molecule has 6 heterocycles. The molecule has 0 spiro atoms. The normalized spacial score (nSPS) is 16.9. The Labute approximate surface area is 463 Å². The van der Waals surface area contributed by atoms with Crippen molar-refractivity contribution < 1.29 is 28.8 Å². The number of rotatable bonds is 22. The number of nitrogens with two attached hydrogens (primary N) is 1. The van der Waals surface area contributed by atoms with Crippen LogP contribution in [0.25, 0.3) is 21.8 Å². The third kappa shape index (κ3) is 15.2. The lowest BCUT2D eigenvalue weighted by Crippen LogP contribution is -2.52. The van der Waals surface area contributed by atoms with E-state index in [9.17, 15) is 28.8 Å². The quantitative estimate of drug-likeness (QED) is 0.0215. The van der Waals surface area contributed by atoms with Crippen molar-refractivity contribution in [3.63, 3.8) is 0 Å². The monoisotopic (exact) mass is 1100 g/mol. The number of anilines is 1. The van der Waals surface area contributed by atoms with Crippen molar-refractivity contribution >= 4 is 98.2 Å². The average Bonchev–Trinajstić information content (AvgIpc) is 3.96. The van der Waals surface area contributed by atoms with Crippen LogP contribution in [0.2, 0.25) is 5.15 Å². The minimum atomic E-state index is -0.569. The number of benzene rings is 4. The second kappa shape index (κ2) is 28.8. The lowest BCUT2D eigenvalue weighted by atomic mass is 10.0. The number of para-hydroxylation sites is 2. The van der Waals surface area contributed by atoms with E-state index in [1.165, 1.54) is 57.7 Å². The first-order chi connectivity index (χ1) is 37.6. The first kappa shape index (κ1) is 56.7. The second-order valence-electron chi connectivity index (χ2n) is 19.4. The van der Waals surface area contributed by atoms with E-state index in [0.29, 0.717) is 42.2 Å². The fourth-order valence-electron chi connectivity index (χ4n) is 9.96. The summed E-state index contributed by atoms with van der Waals surface area (Å²) in [4.78, 5) is 95.2.